The molecule has 0 aliphatic carbocycles. The topological polar surface area (TPSA) is 127 Å². The van der Waals surface area contributed by atoms with Crippen molar-refractivity contribution in [2.75, 3.05) is 31.8 Å². The molecule has 0 aromatic heterocycles. The number of carboxylic acid groups (broad SMARTS) is 1. The second-order valence-electron chi connectivity index (χ2n) is 4.79. The van der Waals surface area contributed by atoms with Crippen molar-refractivity contribution in [3.05, 3.63) is 0 Å². The lowest BCUT2D eigenvalue weighted by Gasteiger charge is -2.36. The molecule has 0 bridgehead atoms. The number of amides is 1. The van der Waals surface area contributed by atoms with Crippen molar-refractivity contribution in [3.63, 3.8) is 0 Å². The summed E-state index contributed by atoms with van der Waals surface area (Å²) in [7, 11) is -1.83. The van der Waals surface area contributed by atoms with Crippen LogP contribution in [0.3, 0.4) is 0 Å². The Morgan fingerprint density at radius 2 is 2.15 bits per heavy atom. The van der Waals surface area contributed by atoms with E-state index in [9.17, 15) is 18.0 Å². The Morgan fingerprint density at radius 1 is 1.50 bits per heavy atom. The number of ether oxygens (including phenoxy) is 1. The molecule has 8 nitrogen and oxygen atoms in total. The highest BCUT2D eigenvalue weighted by molar-refractivity contribution is 7.91. The van der Waals surface area contributed by atoms with E-state index in [4.69, 9.17) is 15.6 Å². The van der Waals surface area contributed by atoms with Gasteiger partial charge in [0.25, 0.3) is 0 Å². The van der Waals surface area contributed by atoms with Crippen LogP contribution in [0.1, 0.15) is 12.8 Å². The first kappa shape index (κ1) is 16.9. The van der Waals surface area contributed by atoms with Gasteiger partial charge in [-0.1, -0.05) is 0 Å². The van der Waals surface area contributed by atoms with E-state index < -0.39 is 40.2 Å². The summed E-state index contributed by atoms with van der Waals surface area (Å²) in [6, 6.07) is -1.67. The molecule has 3 N–H and O–H groups in total. The van der Waals surface area contributed by atoms with Crippen molar-refractivity contribution in [3.8, 4) is 0 Å². The quantitative estimate of drug-likeness (QED) is 0.608. The van der Waals surface area contributed by atoms with E-state index in [-0.39, 0.29) is 18.1 Å². The minimum Gasteiger partial charge on any atom is -0.481 e. The molecule has 1 aliphatic heterocycles. The van der Waals surface area contributed by atoms with E-state index in [0.717, 1.165) is 0 Å². The van der Waals surface area contributed by atoms with E-state index in [1.807, 2.05) is 0 Å². The number of carbonyl (C=O) groups excluding carboxylic acids is 1. The van der Waals surface area contributed by atoms with Gasteiger partial charge in [0, 0.05) is 20.3 Å². The highest BCUT2D eigenvalue weighted by Gasteiger charge is 2.36. The maximum Gasteiger partial charge on any atom is 0.305 e. The standard InChI is InChI=1S/C11H20N2O6S/c1-19-4-2-9(12)11(16)13-3-5-20(17,18)7-8(13)6-10(14)15/h8-9H,2-7,12H2,1H3,(H,14,15). The van der Waals surface area contributed by atoms with Gasteiger partial charge >= 0.3 is 5.97 Å². The second-order valence-corrected chi connectivity index (χ2v) is 7.01. The van der Waals surface area contributed by atoms with Crippen LogP contribution >= 0.6 is 0 Å². The zero-order chi connectivity index (χ0) is 15.3. The molecule has 1 aliphatic rings. The lowest BCUT2D eigenvalue weighted by Crippen LogP contribution is -2.56. The third kappa shape index (κ3) is 4.73. The molecule has 0 aromatic rings. The van der Waals surface area contributed by atoms with Crippen LogP contribution < -0.4 is 5.73 Å². The largest absolute Gasteiger partial charge is 0.481 e. The first-order chi connectivity index (χ1) is 9.26. The summed E-state index contributed by atoms with van der Waals surface area (Å²) in [5.74, 6) is -2.06. The van der Waals surface area contributed by atoms with Crippen LogP contribution in [0.5, 0.6) is 0 Å². The highest BCUT2D eigenvalue weighted by Crippen LogP contribution is 2.16. The molecule has 9 heteroatoms. The number of carboxylic acids is 1. The van der Waals surface area contributed by atoms with E-state index in [1.54, 1.807) is 0 Å². The first-order valence-corrected chi connectivity index (χ1v) is 8.06. The Kier molecular flexibility index (Phi) is 5.90. The zero-order valence-electron chi connectivity index (χ0n) is 11.3. The van der Waals surface area contributed by atoms with E-state index in [2.05, 4.69) is 0 Å². The number of nitrogens with zero attached hydrogens (tertiary/aromatic N) is 1. The number of carbonyl (C=O) groups is 2. The van der Waals surface area contributed by atoms with Crippen LogP contribution in [0, 0.1) is 0 Å². The lowest BCUT2D eigenvalue weighted by atomic mass is 10.1. The van der Waals surface area contributed by atoms with Gasteiger partial charge in [0.1, 0.15) is 0 Å². The molecule has 0 radical (unpaired) electrons. The fourth-order valence-corrected chi connectivity index (χ4v) is 3.65. The molecule has 1 amide bonds. The predicted molar refractivity (Wildman–Crippen MR) is 70.9 cm³/mol. The normalized spacial score (nSPS) is 23.3. The average Bonchev–Trinajstić information content (AvgIpc) is 2.33. The van der Waals surface area contributed by atoms with Crippen molar-refractivity contribution >= 4 is 21.7 Å². The molecule has 1 fully saturated rings. The third-order valence-electron chi connectivity index (χ3n) is 3.17. The van der Waals surface area contributed by atoms with Crippen molar-refractivity contribution in [2.24, 2.45) is 5.73 Å². The first-order valence-electron chi connectivity index (χ1n) is 6.24. The number of hydrogen-bond acceptors (Lipinski definition) is 6. The summed E-state index contributed by atoms with van der Waals surface area (Å²) >= 11 is 0. The molecule has 0 saturated carbocycles. The van der Waals surface area contributed by atoms with Gasteiger partial charge in [-0.3, -0.25) is 9.59 Å². The minimum atomic E-state index is -3.31. The Morgan fingerprint density at radius 3 is 2.70 bits per heavy atom. The molecular formula is C11H20N2O6S. The van der Waals surface area contributed by atoms with Crippen LogP contribution in [-0.2, 0) is 24.2 Å². The summed E-state index contributed by atoms with van der Waals surface area (Å²) in [5, 5.41) is 8.83. The average molecular weight is 308 g/mol. The number of rotatable bonds is 6. The smallest absolute Gasteiger partial charge is 0.305 e. The van der Waals surface area contributed by atoms with E-state index >= 15 is 0 Å². The minimum absolute atomic E-state index is 0.0141. The van der Waals surface area contributed by atoms with Crippen molar-refractivity contribution < 1.29 is 27.9 Å². The van der Waals surface area contributed by atoms with Crippen LogP contribution in [0.15, 0.2) is 0 Å². The van der Waals surface area contributed by atoms with Crippen molar-refractivity contribution in [1.82, 2.24) is 4.90 Å². The highest BCUT2D eigenvalue weighted by atomic mass is 32.2. The summed E-state index contributed by atoms with van der Waals surface area (Å²) in [6.45, 7) is 0.294. The molecule has 2 unspecified atom stereocenters. The van der Waals surface area contributed by atoms with Crippen LogP contribution in [0.25, 0.3) is 0 Å². The maximum atomic E-state index is 12.2. The third-order valence-corrected chi connectivity index (χ3v) is 4.87. The summed E-state index contributed by atoms with van der Waals surface area (Å²) in [4.78, 5) is 24.2. The van der Waals surface area contributed by atoms with Crippen LogP contribution in [-0.4, -0.2) is 74.2 Å². The van der Waals surface area contributed by atoms with Crippen LogP contribution in [0.4, 0.5) is 0 Å². The molecule has 1 saturated heterocycles. The molecule has 2 atom stereocenters. The molecule has 1 heterocycles. The Bertz CT molecular complexity index is 464. The van der Waals surface area contributed by atoms with E-state index in [0.29, 0.717) is 13.0 Å². The summed E-state index contributed by atoms with van der Waals surface area (Å²) < 4.78 is 28.0. The monoisotopic (exact) mass is 308 g/mol. The maximum absolute atomic E-state index is 12.2. The molecular weight excluding hydrogens is 288 g/mol. The Balaban J connectivity index is 2.79. The van der Waals surface area contributed by atoms with Gasteiger partial charge in [-0.2, -0.15) is 0 Å². The van der Waals surface area contributed by atoms with Gasteiger partial charge in [-0.25, -0.2) is 8.42 Å². The fraction of sp³-hybridized carbons (Fsp3) is 0.818. The number of hydrogen-bond donors (Lipinski definition) is 2. The number of nitrogens with two attached hydrogens (primary N) is 1. The number of sulfone groups is 1. The summed E-state index contributed by atoms with van der Waals surface area (Å²) in [5.41, 5.74) is 5.73. The Labute approximate surface area is 117 Å². The molecule has 0 aromatic carbocycles. The predicted octanol–water partition coefficient (Wildman–Crippen LogP) is -1.55. The van der Waals surface area contributed by atoms with Gasteiger partial charge in [-0.15, -0.1) is 0 Å². The van der Waals surface area contributed by atoms with Crippen molar-refractivity contribution in [1.29, 1.82) is 0 Å². The lowest BCUT2D eigenvalue weighted by molar-refractivity contribution is -0.141. The second kappa shape index (κ2) is 7.00. The van der Waals surface area contributed by atoms with Gasteiger partial charge < -0.3 is 20.5 Å². The van der Waals surface area contributed by atoms with E-state index in [1.165, 1.54) is 12.0 Å². The van der Waals surface area contributed by atoms with Gasteiger partial charge in [-0.05, 0) is 6.42 Å². The van der Waals surface area contributed by atoms with Gasteiger partial charge in [0.15, 0.2) is 9.84 Å². The van der Waals surface area contributed by atoms with Gasteiger partial charge in [0.2, 0.25) is 5.91 Å². The molecule has 116 valence electrons. The SMILES string of the molecule is COCCC(N)C(=O)N1CCS(=O)(=O)CC1CC(=O)O. The van der Waals surface area contributed by atoms with Crippen LogP contribution in [0.2, 0.25) is 0 Å². The summed E-state index contributed by atoms with van der Waals surface area (Å²) in [6.07, 6.45) is -0.0969. The zero-order valence-corrected chi connectivity index (χ0v) is 12.1. The van der Waals surface area contributed by atoms with Gasteiger partial charge in [0.05, 0.1) is 30.0 Å². The number of methoxy groups -OCH3 is 1. The fourth-order valence-electron chi connectivity index (χ4n) is 2.13. The number of aliphatic carboxylic acids is 1. The Hall–Kier alpha value is -1.19. The molecule has 20 heavy (non-hydrogen) atoms. The molecule has 1 rings (SSSR count). The molecule has 0 spiro atoms. The van der Waals surface area contributed by atoms with Crippen molar-refractivity contribution in [2.45, 2.75) is 24.9 Å².